The summed E-state index contributed by atoms with van der Waals surface area (Å²) in [7, 11) is 3.18. The van der Waals surface area contributed by atoms with Gasteiger partial charge >= 0.3 is 0 Å². The zero-order chi connectivity index (χ0) is 21.3. The second-order valence-electron chi connectivity index (χ2n) is 9.15. The molecule has 0 aliphatic carbocycles. The molecule has 164 valence electrons. The highest BCUT2D eigenvalue weighted by atomic mass is 16.7. The van der Waals surface area contributed by atoms with Gasteiger partial charge in [-0.25, -0.2) is 0 Å². The minimum atomic E-state index is -1.41. The van der Waals surface area contributed by atoms with Gasteiger partial charge in [0.2, 0.25) is 5.79 Å². The number of hydrogen-bond donors (Lipinski definition) is 2. The van der Waals surface area contributed by atoms with Crippen LogP contribution in [-0.4, -0.2) is 67.6 Å². The van der Waals surface area contributed by atoms with Gasteiger partial charge in [-0.15, -0.1) is 0 Å². The van der Waals surface area contributed by atoms with E-state index < -0.39 is 17.8 Å². The molecule has 8 atom stereocenters. The summed E-state index contributed by atoms with van der Waals surface area (Å²) in [5.74, 6) is -1.47. The lowest BCUT2D eigenvalue weighted by Gasteiger charge is -2.47. The second kappa shape index (κ2) is 8.96. The topological polar surface area (TPSA) is 86.3 Å². The van der Waals surface area contributed by atoms with Gasteiger partial charge in [0, 0.05) is 32.5 Å². The van der Waals surface area contributed by atoms with Crippen LogP contribution in [-0.2, 0) is 23.7 Å². The van der Waals surface area contributed by atoms with Gasteiger partial charge in [0.05, 0.1) is 30.5 Å². The summed E-state index contributed by atoms with van der Waals surface area (Å²) >= 11 is 0. The second-order valence-corrected chi connectivity index (χ2v) is 9.15. The van der Waals surface area contributed by atoms with Crippen LogP contribution in [0.3, 0.4) is 0 Å². The molecule has 28 heavy (non-hydrogen) atoms. The van der Waals surface area contributed by atoms with Gasteiger partial charge in [-0.1, -0.05) is 20.8 Å². The average Bonchev–Trinajstić information content (AvgIpc) is 2.65. The number of ether oxygens (including phenoxy) is 4. The van der Waals surface area contributed by atoms with Crippen molar-refractivity contribution >= 4 is 5.91 Å². The molecule has 7 heteroatoms. The normalized spacial score (nSPS) is 40.5. The van der Waals surface area contributed by atoms with Gasteiger partial charge in [0.1, 0.15) is 0 Å². The number of nitrogens with one attached hydrogen (secondary N) is 1. The third kappa shape index (κ3) is 4.54. The SMILES string of the molecule is CO[C@@H]1C[C@@H]([C@H](C)NC(=O)[C@@H](O)[C@@]2(OC)CC[C@@H](C)[C@@H](C)O2)O[C@H](C)C1(C)C. The van der Waals surface area contributed by atoms with Gasteiger partial charge in [-0.3, -0.25) is 4.79 Å². The average molecular weight is 402 g/mol. The maximum Gasteiger partial charge on any atom is 0.254 e. The Morgan fingerprint density at radius 3 is 2.43 bits per heavy atom. The number of rotatable bonds is 6. The number of aliphatic hydroxyl groups excluding tert-OH is 1. The smallest absolute Gasteiger partial charge is 0.254 e. The third-order valence-electron chi connectivity index (χ3n) is 7.06. The van der Waals surface area contributed by atoms with Crippen LogP contribution in [0.2, 0.25) is 0 Å². The van der Waals surface area contributed by atoms with Crippen LogP contribution in [0.5, 0.6) is 0 Å². The predicted octanol–water partition coefficient (Wildman–Crippen LogP) is 2.25. The minimum Gasteiger partial charge on any atom is -0.381 e. The summed E-state index contributed by atoms with van der Waals surface area (Å²) in [6.45, 7) is 12.2. The number of methoxy groups -OCH3 is 2. The van der Waals surface area contributed by atoms with Crippen LogP contribution in [0.4, 0.5) is 0 Å². The van der Waals surface area contributed by atoms with Crippen LogP contribution in [0, 0.1) is 11.3 Å². The molecule has 0 saturated carbocycles. The van der Waals surface area contributed by atoms with Crippen molar-refractivity contribution < 1.29 is 28.8 Å². The Labute approximate surface area is 169 Å². The number of aliphatic hydroxyl groups is 1. The van der Waals surface area contributed by atoms with E-state index in [1.807, 2.05) is 20.8 Å². The highest BCUT2D eigenvalue weighted by Gasteiger charge is 2.49. The molecule has 2 N–H and O–H groups in total. The summed E-state index contributed by atoms with van der Waals surface area (Å²) in [5.41, 5.74) is -0.114. The Morgan fingerprint density at radius 2 is 1.89 bits per heavy atom. The van der Waals surface area contributed by atoms with Crippen molar-refractivity contribution in [3.05, 3.63) is 0 Å². The fourth-order valence-corrected chi connectivity index (χ4v) is 4.20. The molecule has 2 aliphatic rings. The van der Waals surface area contributed by atoms with Crippen molar-refractivity contribution in [1.29, 1.82) is 0 Å². The molecular formula is C21H39NO6. The van der Waals surface area contributed by atoms with Gasteiger partial charge in [0.25, 0.3) is 5.91 Å². The number of carbonyl (C=O) groups excluding carboxylic acids is 1. The van der Waals surface area contributed by atoms with Crippen LogP contribution >= 0.6 is 0 Å². The monoisotopic (exact) mass is 401 g/mol. The number of amides is 1. The zero-order valence-corrected chi connectivity index (χ0v) is 18.7. The Morgan fingerprint density at radius 1 is 1.25 bits per heavy atom. The molecule has 2 fully saturated rings. The van der Waals surface area contributed by atoms with Crippen molar-refractivity contribution in [3.8, 4) is 0 Å². The van der Waals surface area contributed by atoms with E-state index in [-0.39, 0.29) is 35.9 Å². The van der Waals surface area contributed by atoms with Crippen LogP contribution in [0.15, 0.2) is 0 Å². The highest BCUT2D eigenvalue weighted by molar-refractivity contribution is 5.82. The molecule has 0 spiro atoms. The summed E-state index contributed by atoms with van der Waals surface area (Å²) in [6.07, 6.45) is 0.263. The number of hydrogen-bond acceptors (Lipinski definition) is 6. The first-order valence-electron chi connectivity index (χ1n) is 10.4. The number of carbonyl (C=O) groups is 1. The lowest BCUT2D eigenvalue weighted by molar-refractivity contribution is -0.308. The Balaban J connectivity index is 2.03. The Bertz CT molecular complexity index is 541. The quantitative estimate of drug-likeness (QED) is 0.710. The van der Waals surface area contributed by atoms with E-state index in [1.165, 1.54) is 7.11 Å². The molecule has 1 amide bonds. The summed E-state index contributed by atoms with van der Waals surface area (Å²) < 4.78 is 23.3. The summed E-state index contributed by atoms with van der Waals surface area (Å²) in [4.78, 5) is 12.8. The molecule has 0 unspecified atom stereocenters. The van der Waals surface area contributed by atoms with E-state index in [0.29, 0.717) is 18.8 Å². The van der Waals surface area contributed by atoms with Crippen molar-refractivity contribution in [2.75, 3.05) is 14.2 Å². The molecule has 2 saturated heterocycles. The van der Waals surface area contributed by atoms with Gasteiger partial charge < -0.3 is 29.4 Å². The molecule has 0 aromatic heterocycles. The first-order chi connectivity index (χ1) is 13.0. The zero-order valence-electron chi connectivity index (χ0n) is 18.7. The standard InChI is InChI=1S/C21H39NO6/c1-12-9-10-21(26-8,28-14(12)3)18(23)19(24)22-13(2)16-11-17(25-7)20(5,6)15(4)27-16/h12-18,23H,9-11H2,1-8H3,(H,22,24)/t12-,13+,14-,15-,16+,17-,18-,21-/m1/s1. The molecule has 0 aromatic carbocycles. The summed E-state index contributed by atoms with van der Waals surface area (Å²) in [5, 5.41) is 13.6. The third-order valence-corrected chi connectivity index (χ3v) is 7.06. The molecule has 2 heterocycles. The van der Waals surface area contributed by atoms with E-state index >= 15 is 0 Å². The van der Waals surface area contributed by atoms with E-state index in [9.17, 15) is 9.90 Å². The van der Waals surface area contributed by atoms with E-state index in [0.717, 1.165) is 6.42 Å². The molecule has 0 bridgehead atoms. The molecule has 0 radical (unpaired) electrons. The maximum absolute atomic E-state index is 12.8. The van der Waals surface area contributed by atoms with Crippen LogP contribution < -0.4 is 5.32 Å². The van der Waals surface area contributed by atoms with Crippen LogP contribution in [0.1, 0.15) is 60.8 Å². The highest BCUT2D eigenvalue weighted by Crippen LogP contribution is 2.39. The van der Waals surface area contributed by atoms with Gasteiger partial charge in [0.15, 0.2) is 6.10 Å². The molecule has 0 aromatic rings. The molecule has 7 nitrogen and oxygen atoms in total. The van der Waals surface area contributed by atoms with Crippen molar-refractivity contribution in [3.63, 3.8) is 0 Å². The van der Waals surface area contributed by atoms with Crippen LogP contribution in [0.25, 0.3) is 0 Å². The van der Waals surface area contributed by atoms with Crippen molar-refractivity contribution in [2.45, 2.75) is 103 Å². The van der Waals surface area contributed by atoms with Gasteiger partial charge in [-0.05, 0) is 33.1 Å². The fraction of sp³-hybridized carbons (Fsp3) is 0.952. The molecule has 2 aliphatic heterocycles. The summed E-state index contributed by atoms with van der Waals surface area (Å²) in [6, 6.07) is -0.285. The molecule has 2 rings (SSSR count). The minimum absolute atomic E-state index is 0.0187. The lowest BCUT2D eigenvalue weighted by atomic mass is 9.76. The molecular weight excluding hydrogens is 362 g/mol. The van der Waals surface area contributed by atoms with E-state index in [2.05, 4.69) is 26.1 Å². The largest absolute Gasteiger partial charge is 0.381 e. The fourth-order valence-electron chi connectivity index (χ4n) is 4.20. The first-order valence-corrected chi connectivity index (χ1v) is 10.4. The van der Waals surface area contributed by atoms with Crippen molar-refractivity contribution in [2.24, 2.45) is 11.3 Å². The maximum atomic E-state index is 12.8. The Kier molecular flexibility index (Phi) is 7.54. The Hall–Kier alpha value is -0.730. The van der Waals surface area contributed by atoms with Gasteiger partial charge in [-0.2, -0.15) is 0 Å². The van der Waals surface area contributed by atoms with Crippen molar-refractivity contribution in [1.82, 2.24) is 5.32 Å². The lowest BCUT2D eigenvalue weighted by Crippen LogP contribution is -2.61. The predicted molar refractivity (Wildman–Crippen MR) is 106 cm³/mol. The first kappa shape index (κ1) is 23.5. The van der Waals surface area contributed by atoms with E-state index in [4.69, 9.17) is 18.9 Å². The van der Waals surface area contributed by atoms with E-state index in [1.54, 1.807) is 7.11 Å².